The topological polar surface area (TPSA) is 103 Å². The van der Waals surface area contributed by atoms with E-state index in [4.69, 9.17) is 10.4 Å². The minimum Gasteiger partial charge on any atom is -0.396 e. The number of aryl methyl sites for hydroxylation is 2. The highest BCUT2D eigenvalue weighted by atomic mass is 16.3. The van der Waals surface area contributed by atoms with Gasteiger partial charge in [-0.05, 0) is 45.6 Å². The van der Waals surface area contributed by atoms with Gasteiger partial charge in [-0.1, -0.05) is 6.92 Å². The maximum atomic E-state index is 12.3. The second kappa shape index (κ2) is 7.62. The van der Waals surface area contributed by atoms with Crippen LogP contribution in [0.25, 0.3) is 5.65 Å². The number of carbonyl (C=O) groups is 1. The maximum absolute atomic E-state index is 12.3. The van der Waals surface area contributed by atoms with E-state index in [2.05, 4.69) is 21.5 Å². The zero-order chi connectivity index (χ0) is 18.6. The first-order valence-corrected chi connectivity index (χ1v) is 8.51. The van der Waals surface area contributed by atoms with Gasteiger partial charge in [-0.3, -0.25) is 4.79 Å². The lowest BCUT2D eigenvalue weighted by Gasteiger charge is -2.29. The van der Waals surface area contributed by atoms with E-state index >= 15 is 0 Å². The van der Waals surface area contributed by atoms with Gasteiger partial charge >= 0.3 is 0 Å². The summed E-state index contributed by atoms with van der Waals surface area (Å²) in [5.74, 6) is -0.0464. The molecule has 2 aromatic rings. The summed E-state index contributed by atoms with van der Waals surface area (Å²) in [6.45, 7) is 7.79. The molecule has 1 unspecified atom stereocenters. The van der Waals surface area contributed by atoms with Crippen molar-refractivity contribution >= 4 is 11.6 Å². The fourth-order valence-electron chi connectivity index (χ4n) is 2.96. The van der Waals surface area contributed by atoms with Gasteiger partial charge in [0.25, 0.3) is 0 Å². The van der Waals surface area contributed by atoms with Gasteiger partial charge in [0, 0.05) is 30.0 Å². The molecule has 1 atom stereocenters. The smallest absolute Gasteiger partial charge is 0.220 e. The van der Waals surface area contributed by atoms with Crippen LogP contribution in [-0.2, 0) is 11.2 Å². The normalized spacial score (nSPS) is 13.4. The van der Waals surface area contributed by atoms with Crippen LogP contribution in [-0.4, -0.2) is 37.8 Å². The molecule has 1 amide bonds. The molecule has 2 heterocycles. The molecule has 2 N–H and O–H groups in total. The molecular weight excluding hydrogens is 318 g/mol. The van der Waals surface area contributed by atoms with E-state index in [1.165, 1.54) is 6.20 Å². The third-order valence-corrected chi connectivity index (χ3v) is 4.82. The molecule has 7 heteroatoms. The van der Waals surface area contributed by atoms with Crippen LogP contribution in [0, 0.1) is 25.2 Å². The molecule has 0 saturated heterocycles. The van der Waals surface area contributed by atoms with Gasteiger partial charge in [-0.15, -0.1) is 0 Å². The number of rotatable bonds is 7. The van der Waals surface area contributed by atoms with Crippen LogP contribution < -0.4 is 5.32 Å². The second-order valence-electron chi connectivity index (χ2n) is 6.60. The third kappa shape index (κ3) is 3.97. The number of hydrogen-bond donors (Lipinski definition) is 2. The standard InChI is InChI=1S/C18H25N5O2/c1-5-18(4,8-9-24)22-16(25)7-6-15-12(2)21-17-14(10-19)11-20-23(17)13(15)3/h11,24H,5-9H2,1-4H3,(H,22,25). The van der Waals surface area contributed by atoms with Gasteiger partial charge in [0.2, 0.25) is 5.91 Å². The van der Waals surface area contributed by atoms with Crippen LogP contribution in [0.15, 0.2) is 6.20 Å². The average Bonchev–Trinajstić information content (AvgIpc) is 2.97. The van der Waals surface area contributed by atoms with Gasteiger partial charge in [0.15, 0.2) is 5.65 Å². The Morgan fingerprint density at radius 3 is 2.80 bits per heavy atom. The molecule has 7 nitrogen and oxygen atoms in total. The van der Waals surface area contributed by atoms with Crippen molar-refractivity contribution < 1.29 is 9.90 Å². The molecule has 134 valence electrons. The van der Waals surface area contributed by atoms with E-state index < -0.39 is 0 Å². The first-order chi connectivity index (χ1) is 11.8. The van der Waals surface area contributed by atoms with Crippen molar-refractivity contribution in [1.82, 2.24) is 19.9 Å². The molecule has 0 saturated carbocycles. The van der Waals surface area contributed by atoms with Crippen molar-refractivity contribution in [3.63, 3.8) is 0 Å². The number of nitrogens with one attached hydrogen (secondary N) is 1. The lowest BCUT2D eigenvalue weighted by molar-refractivity contribution is -0.123. The fraction of sp³-hybridized carbons (Fsp3) is 0.556. The van der Waals surface area contributed by atoms with Crippen molar-refractivity contribution in [3.05, 3.63) is 28.7 Å². The molecule has 0 fully saturated rings. The van der Waals surface area contributed by atoms with E-state index in [1.54, 1.807) is 4.52 Å². The Morgan fingerprint density at radius 2 is 2.20 bits per heavy atom. The van der Waals surface area contributed by atoms with E-state index in [0.29, 0.717) is 30.5 Å². The zero-order valence-corrected chi connectivity index (χ0v) is 15.3. The Labute approximate surface area is 147 Å². The number of aliphatic hydroxyl groups is 1. The lowest BCUT2D eigenvalue weighted by Crippen LogP contribution is -2.46. The summed E-state index contributed by atoms with van der Waals surface area (Å²) in [5.41, 5.74) is 3.27. The van der Waals surface area contributed by atoms with E-state index in [1.807, 2.05) is 27.7 Å². The SMILES string of the molecule is CCC(C)(CCO)NC(=O)CCc1c(C)nc2c(C#N)cnn2c1C. The minimum absolute atomic E-state index is 0.0456. The number of carbonyl (C=O) groups excluding carboxylic acids is 1. The molecule has 0 aliphatic carbocycles. The van der Waals surface area contributed by atoms with Gasteiger partial charge in [-0.25, -0.2) is 9.50 Å². The molecule has 2 rings (SSSR count). The first kappa shape index (κ1) is 18.9. The fourth-order valence-corrected chi connectivity index (χ4v) is 2.96. The highest BCUT2D eigenvalue weighted by molar-refractivity contribution is 5.77. The highest BCUT2D eigenvalue weighted by Gasteiger charge is 2.23. The number of nitrogens with zero attached hydrogens (tertiary/aromatic N) is 4. The Kier molecular flexibility index (Phi) is 5.75. The second-order valence-corrected chi connectivity index (χ2v) is 6.60. The molecule has 0 aromatic carbocycles. The zero-order valence-electron chi connectivity index (χ0n) is 15.3. The molecule has 0 radical (unpaired) electrons. The number of amides is 1. The van der Waals surface area contributed by atoms with Crippen LogP contribution in [0.2, 0.25) is 0 Å². The monoisotopic (exact) mass is 343 g/mol. The van der Waals surface area contributed by atoms with Crippen LogP contribution in [0.5, 0.6) is 0 Å². The third-order valence-electron chi connectivity index (χ3n) is 4.82. The van der Waals surface area contributed by atoms with Gasteiger partial charge in [-0.2, -0.15) is 10.4 Å². The number of nitriles is 1. The molecule has 0 spiro atoms. The number of aliphatic hydroxyl groups excluding tert-OH is 1. The van der Waals surface area contributed by atoms with E-state index in [0.717, 1.165) is 23.4 Å². The van der Waals surface area contributed by atoms with Crippen molar-refractivity contribution in [2.45, 2.75) is 58.9 Å². The Morgan fingerprint density at radius 1 is 1.48 bits per heavy atom. The summed E-state index contributed by atoms with van der Waals surface area (Å²) in [4.78, 5) is 16.8. The summed E-state index contributed by atoms with van der Waals surface area (Å²) in [7, 11) is 0. The number of fused-ring (bicyclic) bond motifs is 1. The lowest BCUT2D eigenvalue weighted by atomic mass is 9.94. The molecule has 0 aliphatic rings. The van der Waals surface area contributed by atoms with Gasteiger partial charge in [0.1, 0.15) is 11.6 Å². The van der Waals surface area contributed by atoms with Crippen LogP contribution in [0.4, 0.5) is 0 Å². The predicted molar refractivity (Wildman–Crippen MR) is 94.0 cm³/mol. The minimum atomic E-state index is -0.387. The van der Waals surface area contributed by atoms with Crippen LogP contribution in [0.3, 0.4) is 0 Å². The first-order valence-electron chi connectivity index (χ1n) is 8.51. The highest BCUT2D eigenvalue weighted by Crippen LogP contribution is 2.19. The Hall–Kier alpha value is -2.46. The van der Waals surface area contributed by atoms with Crippen molar-refractivity contribution in [2.75, 3.05) is 6.61 Å². The van der Waals surface area contributed by atoms with E-state index in [-0.39, 0.29) is 18.1 Å². The van der Waals surface area contributed by atoms with Crippen LogP contribution >= 0.6 is 0 Å². The maximum Gasteiger partial charge on any atom is 0.220 e. The summed E-state index contributed by atoms with van der Waals surface area (Å²) in [5, 5.41) is 25.5. The average molecular weight is 343 g/mol. The predicted octanol–water partition coefficient (Wildman–Crippen LogP) is 1.82. The Bertz CT molecular complexity index is 821. The summed E-state index contributed by atoms with van der Waals surface area (Å²) in [6, 6.07) is 2.09. The Balaban J connectivity index is 2.16. The summed E-state index contributed by atoms with van der Waals surface area (Å²) >= 11 is 0. The molecule has 2 aromatic heterocycles. The summed E-state index contributed by atoms with van der Waals surface area (Å²) < 4.78 is 1.65. The van der Waals surface area contributed by atoms with Crippen LogP contribution in [0.1, 0.15) is 55.6 Å². The van der Waals surface area contributed by atoms with Gasteiger partial charge in [0.05, 0.1) is 6.20 Å². The number of hydrogen-bond acceptors (Lipinski definition) is 5. The summed E-state index contributed by atoms with van der Waals surface area (Å²) in [6.07, 6.45) is 3.68. The van der Waals surface area contributed by atoms with Gasteiger partial charge < -0.3 is 10.4 Å². The van der Waals surface area contributed by atoms with Crippen molar-refractivity contribution in [1.29, 1.82) is 5.26 Å². The largest absolute Gasteiger partial charge is 0.396 e. The van der Waals surface area contributed by atoms with E-state index in [9.17, 15) is 4.79 Å². The molecule has 0 bridgehead atoms. The number of aromatic nitrogens is 3. The van der Waals surface area contributed by atoms with Crippen molar-refractivity contribution in [2.24, 2.45) is 0 Å². The molecule has 25 heavy (non-hydrogen) atoms. The molecular formula is C18H25N5O2. The van der Waals surface area contributed by atoms with Crippen molar-refractivity contribution in [3.8, 4) is 6.07 Å². The molecule has 0 aliphatic heterocycles. The quantitative estimate of drug-likeness (QED) is 0.798.